The van der Waals surface area contributed by atoms with Gasteiger partial charge in [0.15, 0.2) is 0 Å². The van der Waals surface area contributed by atoms with Gasteiger partial charge >= 0.3 is 5.97 Å². The molecule has 0 aliphatic rings. The zero-order valence-electron chi connectivity index (χ0n) is 10.1. The fraction of sp³-hybridized carbons (Fsp3) is 0.333. The normalized spacial score (nSPS) is 10.0. The van der Waals surface area contributed by atoms with Crippen LogP contribution in [0.4, 0.5) is 4.39 Å². The van der Waals surface area contributed by atoms with Gasteiger partial charge in [0.2, 0.25) is 0 Å². The predicted octanol–water partition coefficient (Wildman–Crippen LogP) is 2.22. The molecule has 0 heterocycles. The maximum atomic E-state index is 13.3. The van der Waals surface area contributed by atoms with E-state index < -0.39 is 17.7 Å². The number of carbonyl (C=O) groups excluding carboxylic acids is 2. The summed E-state index contributed by atoms with van der Waals surface area (Å²) < 4.78 is 18.3. The summed E-state index contributed by atoms with van der Waals surface area (Å²) in [6.07, 6.45) is 0. The van der Waals surface area contributed by atoms with Gasteiger partial charge in [0.05, 0.1) is 11.1 Å². The summed E-state index contributed by atoms with van der Waals surface area (Å²) in [4.78, 5) is 24.3. The van der Waals surface area contributed by atoms with Gasteiger partial charge in [-0.05, 0) is 41.1 Å². The molecule has 0 atom stereocenters. The van der Waals surface area contributed by atoms with E-state index in [1.807, 2.05) is 0 Å². The lowest BCUT2D eigenvalue weighted by atomic mass is 10.2. The molecule has 0 bridgehead atoms. The molecule has 1 rings (SSSR count). The molecule has 0 saturated carbocycles. The largest absolute Gasteiger partial charge is 0.465 e. The van der Waals surface area contributed by atoms with Crippen LogP contribution >= 0.6 is 15.9 Å². The van der Waals surface area contributed by atoms with E-state index in [2.05, 4.69) is 15.9 Å². The summed E-state index contributed by atoms with van der Waals surface area (Å²) >= 11 is 3.00. The van der Waals surface area contributed by atoms with E-state index in [1.165, 1.54) is 24.1 Å². The van der Waals surface area contributed by atoms with Crippen LogP contribution in [0, 0.1) is 5.82 Å². The van der Waals surface area contributed by atoms with Crippen molar-refractivity contribution in [3.63, 3.8) is 0 Å². The fourth-order valence-corrected chi connectivity index (χ4v) is 1.57. The Morgan fingerprint density at radius 2 is 2.11 bits per heavy atom. The summed E-state index contributed by atoms with van der Waals surface area (Å²) in [6, 6.07) is 4.05. The molecule has 1 amide bonds. The summed E-state index contributed by atoms with van der Waals surface area (Å²) in [5.74, 6) is -1.45. The van der Waals surface area contributed by atoms with E-state index in [1.54, 1.807) is 6.92 Å². The summed E-state index contributed by atoms with van der Waals surface area (Å²) in [7, 11) is 1.46. The van der Waals surface area contributed by atoms with E-state index in [4.69, 9.17) is 4.74 Å². The summed E-state index contributed by atoms with van der Waals surface area (Å²) in [6.45, 7) is 1.78. The molecule has 0 aromatic heterocycles. The van der Waals surface area contributed by atoms with Crippen LogP contribution in [0.2, 0.25) is 0 Å². The Morgan fingerprint density at radius 1 is 1.44 bits per heavy atom. The third-order valence-electron chi connectivity index (χ3n) is 2.18. The molecule has 0 unspecified atom stereocenters. The number of carbonyl (C=O) groups is 2. The first-order chi connectivity index (χ1) is 8.45. The van der Waals surface area contributed by atoms with Gasteiger partial charge in [-0.3, -0.25) is 9.59 Å². The highest BCUT2D eigenvalue weighted by molar-refractivity contribution is 9.10. The minimum Gasteiger partial charge on any atom is -0.465 e. The van der Waals surface area contributed by atoms with Gasteiger partial charge in [-0.2, -0.15) is 0 Å². The Bertz CT molecular complexity index is 465. The molecule has 1 aromatic carbocycles. The minimum atomic E-state index is -0.523. The number of rotatable bonds is 4. The topological polar surface area (TPSA) is 46.6 Å². The lowest BCUT2D eigenvalue weighted by molar-refractivity contribution is -0.143. The van der Waals surface area contributed by atoms with Crippen molar-refractivity contribution >= 4 is 27.8 Å². The van der Waals surface area contributed by atoms with Crippen molar-refractivity contribution in [1.82, 2.24) is 4.90 Å². The second-order valence-corrected chi connectivity index (χ2v) is 4.45. The smallest absolute Gasteiger partial charge is 0.325 e. The van der Waals surface area contributed by atoms with Crippen molar-refractivity contribution in [2.75, 3.05) is 20.2 Å². The highest BCUT2D eigenvalue weighted by Gasteiger charge is 2.16. The van der Waals surface area contributed by atoms with Crippen molar-refractivity contribution in [2.24, 2.45) is 0 Å². The van der Waals surface area contributed by atoms with Crippen molar-refractivity contribution in [1.29, 1.82) is 0 Å². The predicted molar refractivity (Wildman–Crippen MR) is 67.7 cm³/mol. The molecule has 0 N–H and O–H groups in total. The van der Waals surface area contributed by atoms with Crippen molar-refractivity contribution < 1.29 is 18.7 Å². The van der Waals surface area contributed by atoms with Crippen LogP contribution in [0.15, 0.2) is 22.7 Å². The molecule has 0 radical (unpaired) electrons. The first kappa shape index (κ1) is 14.6. The van der Waals surface area contributed by atoms with Gasteiger partial charge in [0.25, 0.3) is 5.91 Å². The lowest BCUT2D eigenvalue weighted by Gasteiger charge is -2.16. The van der Waals surface area contributed by atoms with Crippen LogP contribution in [0.3, 0.4) is 0 Å². The molecule has 1 aromatic rings. The standard InChI is InChI=1S/C12H13BrFNO3/c1-3-18-11(16)7-15(2)12(17)8-4-5-9(13)10(14)6-8/h4-6H,3,7H2,1-2H3. The van der Waals surface area contributed by atoms with Crippen LogP contribution in [-0.2, 0) is 9.53 Å². The van der Waals surface area contributed by atoms with Crippen molar-refractivity contribution in [3.05, 3.63) is 34.1 Å². The minimum absolute atomic E-state index is 0.162. The van der Waals surface area contributed by atoms with Gasteiger partial charge in [-0.25, -0.2) is 4.39 Å². The first-order valence-corrected chi connectivity index (χ1v) is 6.11. The molecular weight excluding hydrogens is 305 g/mol. The summed E-state index contributed by atoms with van der Waals surface area (Å²) in [5, 5.41) is 0. The number of halogens is 2. The number of ether oxygens (including phenoxy) is 1. The second-order valence-electron chi connectivity index (χ2n) is 3.60. The van der Waals surface area contributed by atoms with Crippen LogP contribution in [0.25, 0.3) is 0 Å². The Kier molecular flexibility index (Phi) is 5.27. The quantitative estimate of drug-likeness (QED) is 0.800. The lowest BCUT2D eigenvalue weighted by Crippen LogP contribution is -2.33. The van der Waals surface area contributed by atoms with Crippen molar-refractivity contribution in [3.8, 4) is 0 Å². The number of likely N-dealkylation sites (N-methyl/N-ethyl adjacent to an activating group) is 1. The van der Waals surface area contributed by atoms with Crippen LogP contribution in [-0.4, -0.2) is 37.0 Å². The molecule has 0 aliphatic carbocycles. The van der Waals surface area contributed by atoms with E-state index in [-0.39, 0.29) is 23.2 Å². The highest BCUT2D eigenvalue weighted by Crippen LogP contribution is 2.17. The third-order valence-corrected chi connectivity index (χ3v) is 2.83. The molecular formula is C12H13BrFNO3. The van der Waals surface area contributed by atoms with E-state index in [9.17, 15) is 14.0 Å². The fourth-order valence-electron chi connectivity index (χ4n) is 1.32. The Labute approximate surface area is 113 Å². The maximum absolute atomic E-state index is 13.3. The number of esters is 1. The number of benzene rings is 1. The monoisotopic (exact) mass is 317 g/mol. The Balaban J connectivity index is 2.74. The van der Waals surface area contributed by atoms with Gasteiger partial charge in [-0.1, -0.05) is 0 Å². The number of amides is 1. The average molecular weight is 318 g/mol. The molecule has 18 heavy (non-hydrogen) atoms. The van der Waals surface area contributed by atoms with Gasteiger partial charge in [-0.15, -0.1) is 0 Å². The van der Waals surface area contributed by atoms with E-state index >= 15 is 0 Å². The third kappa shape index (κ3) is 3.80. The Hall–Kier alpha value is -1.43. The number of hydrogen-bond donors (Lipinski definition) is 0. The second kappa shape index (κ2) is 6.49. The molecule has 0 saturated heterocycles. The first-order valence-electron chi connectivity index (χ1n) is 5.31. The SMILES string of the molecule is CCOC(=O)CN(C)C(=O)c1ccc(Br)c(F)c1. The van der Waals surface area contributed by atoms with Crippen LogP contribution in [0.1, 0.15) is 17.3 Å². The molecule has 0 aliphatic heterocycles. The van der Waals surface area contributed by atoms with Crippen molar-refractivity contribution in [2.45, 2.75) is 6.92 Å². The van der Waals surface area contributed by atoms with Crippen LogP contribution < -0.4 is 0 Å². The van der Waals surface area contributed by atoms with E-state index in [0.29, 0.717) is 0 Å². The molecule has 98 valence electrons. The molecule has 6 heteroatoms. The Morgan fingerprint density at radius 3 is 2.67 bits per heavy atom. The molecule has 4 nitrogen and oxygen atoms in total. The van der Waals surface area contributed by atoms with Gasteiger partial charge in [0, 0.05) is 12.6 Å². The average Bonchev–Trinajstić information content (AvgIpc) is 2.32. The van der Waals surface area contributed by atoms with Gasteiger partial charge in [0.1, 0.15) is 12.4 Å². The zero-order chi connectivity index (χ0) is 13.7. The van der Waals surface area contributed by atoms with Crippen LogP contribution in [0.5, 0.6) is 0 Å². The molecule has 0 spiro atoms. The number of hydrogen-bond acceptors (Lipinski definition) is 3. The van der Waals surface area contributed by atoms with E-state index in [0.717, 1.165) is 6.07 Å². The summed E-state index contributed by atoms with van der Waals surface area (Å²) in [5.41, 5.74) is 0.183. The zero-order valence-corrected chi connectivity index (χ0v) is 11.7. The van der Waals surface area contributed by atoms with Gasteiger partial charge < -0.3 is 9.64 Å². The molecule has 0 fully saturated rings. The highest BCUT2D eigenvalue weighted by atomic mass is 79.9. The number of nitrogens with zero attached hydrogens (tertiary/aromatic N) is 1. The maximum Gasteiger partial charge on any atom is 0.325 e.